The number of nitrogens with zero attached hydrogens (tertiary/aromatic N) is 7. The molecule has 5 aromatic carbocycles. The van der Waals surface area contributed by atoms with E-state index >= 15 is 0 Å². The second-order valence-corrected chi connectivity index (χ2v) is 34.9. The Kier molecular flexibility index (Phi) is 39.7. The molecule has 0 radical (unpaired) electrons. The number of rotatable bonds is 34. The molecule has 3 aromatic heterocycles. The van der Waals surface area contributed by atoms with Crippen LogP contribution < -0.4 is 59.6 Å². The zero-order chi connectivity index (χ0) is 97.2. The minimum atomic E-state index is -0.464. The Morgan fingerprint density at radius 2 is 0.679 bits per heavy atom. The Bertz CT molecular complexity index is 5110. The van der Waals surface area contributed by atoms with Crippen molar-refractivity contribution in [3.05, 3.63) is 272 Å². The van der Waals surface area contributed by atoms with Crippen molar-refractivity contribution in [1.29, 1.82) is 0 Å². The number of nitrogens with one attached hydrogen (secondary N) is 4. The Labute approximate surface area is 784 Å². The van der Waals surface area contributed by atoms with Crippen molar-refractivity contribution in [2.75, 3.05) is 80.8 Å². The number of carbonyl (C=O) groups excluding carboxylic acids is 8. The van der Waals surface area contributed by atoms with E-state index in [0.29, 0.717) is 76.9 Å². The molecule has 0 bridgehead atoms. The third-order valence-corrected chi connectivity index (χ3v) is 25.3. The molecule has 0 spiro atoms. The first-order valence-corrected chi connectivity index (χ1v) is 45.3. The molecule has 32 heteroatoms. The van der Waals surface area contributed by atoms with Crippen molar-refractivity contribution < 1.29 is 86.4 Å². The van der Waals surface area contributed by atoms with Crippen molar-refractivity contribution in [2.24, 2.45) is 76.2 Å². The lowest BCUT2D eigenvalue weighted by molar-refractivity contribution is -0.904. The van der Waals surface area contributed by atoms with Gasteiger partial charge >= 0.3 is 23.9 Å². The molecule has 4 fully saturated rings. The van der Waals surface area contributed by atoms with E-state index in [1.807, 2.05) is 114 Å². The molecule has 8 aromatic rings. The highest BCUT2D eigenvalue weighted by Crippen LogP contribution is 2.34. The van der Waals surface area contributed by atoms with E-state index in [1.54, 1.807) is 104 Å². The summed E-state index contributed by atoms with van der Waals surface area (Å²) in [6.07, 6.45) is 18.2. The number of methoxy groups -OCH3 is 4. The number of benzene rings is 5. The lowest BCUT2D eigenvalue weighted by atomic mass is 9.85. The predicted octanol–water partition coefficient (Wildman–Crippen LogP) is 11.1. The van der Waals surface area contributed by atoms with Crippen molar-refractivity contribution in [1.82, 2.24) is 45.9 Å². The van der Waals surface area contributed by atoms with Gasteiger partial charge in [-0.1, -0.05) is 87.0 Å². The molecule has 4 aliphatic heterocycles. The number of likely N-dealkylation sites (tertiary alicyclic amines) is 4. The summed E-state index contributed by atoms with van der Waals surface area (Å²) >= 11 is 0. The van der Waals surface area contributed by atoms with E-state index in [9.17, 15) is 53.2 Å². The summed E-state index contributed by atoms with van der Waals surface area (Å²) in [7, 11) is 5.49. The van der Waals surface area contributed by atoms with Gasteiger partial charge in [-0.05, 0) is 246 Å². The molecule has 31 nitrogen and oxygen atoms in total. The molecule has 4 amide bonds. The van der Waals surface area contributed by atoms with Crippen molar-refractivity contribution >= 4 is 47.5 Å². The van der Waals surface area contributed by atoms with E-state index in [4.69, 9.17) is 47.8 Å². The van der Waals surface area contributed by atoms with Crippen LogP contribution in [0.5, 0.6) is 0 Å². The van der Waals surface area contributed by atoms with Crippen molar-refractivity contribution in [3.63, 3.8) is 0 Å². The van der Waals surface area contributed by atoms with Gasteiger partial charge in [0.05, 0.1) is 86.7 Å². The molecular formula is C102H133FN16O15+2. The Hall–Kier alpha value is -13.9. The fraction of sp³-hybridized carbons (Fsp3) is 0.402. The van der Waals surface area contributed by atoms with Gasteiger partial charge in [0.2, 0.25) is 24.8 Å². The van der Waals surface area contributed by atoms with Crippen LogP contribution in [0.25, 0.3) is 44.5 Å². The number of carbonyl (C=O) groups is 8. The molecular weight excluding hydrogens is 1710 g/mol. The summed E-state index contributed by atoms with van der Waals surface area (Å²) in [5, 5.41) is 30.8. The minimum absolute atomic E-state index is 0.216. The molecule has 4 aliphatic rings. The monoisotopic (exact) mass is 1840 g/mol. The normalized spacial score (nSPS) is 17.6. The SMILES string of the molecule is C=C(N)N1CCCC(C[C@@H](C(=O)OC)[C@@H](C)NC(=O)c2ccc(-c3cc[n+](O)cc3)cc2)C1.C=C(N)N1CCCC(C[C@@H](C(=O)OC)[C@@H](C)NC(=O)c2ccc(-c3ccc(F)cc3)cc2)C1.C=C(N)N1CCCC(C[C@@H](C(=O)OC)[C@@H](C)NC(=O)c2ccc(-c3ccc[n+](O)c3)cc2)C1.C=C(N)N1CCCC(C[C@@H](C(=O)OC)[C@@H](C)NC(=O)c2ccc(-c3ccnc(CON)c3)cc2)C1. The first kappa shape index (κ1) is 104. The topological polar surface area (TPSA) is 435 Å². The second-order valence-electron chi connectivity index (χ2n) is 34.9. The summed E-state index contributed by atoms with van der Waals surface area (Å²) < 4.78 is 35.3. The number of hydrogen-bond acceptors (Lipinski definition) is 25. The minimum Gasteiger partial charge on any atom is -0.469 e. The van der Waals surface area contributed by atoms with Crippen LogP contribution in [0.1, 0.15) is 152 Å². The number of ether oxygens (including phenoxy) is 4. The van der Waals surface area contributed by atoms with Crippen LogP contribution in [0.4, 0.5) is 4.39 Å². The smallest absolute Gasteiger partial charge is 0.310 e. The quantitative estimate of drug-likeness (QED) is 0.00587. The lowest BCUT2D eigenvalue weighted by Crippen LogP contribution is -2.44. The number of aromatic nitrogens is 3. The number of halogens is 1. The lowest BCUT2D eigenvalue weighted by Gasteiger charge is -2.36. The van der Waals surface area contributed by atoms with Gasteiger partial charge in [-0.25, -0.2) is 10.3 Å². The molecule has 4 unspecified atom stereocenters. The molecule has 7 heterocycles. The predicted molar refractivity (Wildman–Crippen MR) is 508 cm³/mol. The number of hydrogen-bond donors (Lipinski definition) is 11. The summed E-state index contributed by atoms with van der Waals surface area (Å²) in [6.45, 7) is 29.3. The average molecular weight is 1840 g/mol. The van der Waals surface area contributed by atoms with Crippen LogP contribution in [0.15, 0.2) is 238 Å². The number of amides is 4. The van der Waals surface area contributed by atoms with Crippen LogP contribution >= 0.6 is 0 Å². The first-order valence-electron chi connectivity index (χ1n) is 45.3. The Morgan fingerprint density at radius 1 is 0.403 bits per heavy atom. The van der Waals surface area contributed by atoms with Gasteiger partial charge in [0.1, 0.15) is 12.4 Å². The molecule has 12 rings (SSSR count). The van der Waals surface area contributed by atoms with Gasteiger partial charge in [0.15, 0.2) is 0 Å². The number of nitrogens with two attached hydrogens (primary N) is 5. The maximum atomic E-state index is 13.1. The van der Waals surface area contributed by atoms with Gasteiger partial charge < -0.3 is 82.7 Å². The first-order chi connectivity index (χ1) is 64.2. The Balaban J connectivity index is 0.000000201. The van der Waals surface area contributed by atoms with Crippen LogP contribution in [0.2, 0.25) is 0 Å². The maximum Gasteiger partial charge on any atom is 0.310 e. The van der Waals surface area contributed by atoms with Crippen LogP contribution in [0, 0.1) is 53.2 Å². The summed E-state index contributed by atoms with van der Waals surface area (Å²) in [5.41, 5.74) is 33.3. The highest BCUT2D eigenvalue weighted by molar-refractivity contribution is 5.97. The average Bonchev–Trinajstić information content (AvgIpc) is 0.841. The number of esters is 4. The summed E-state index contributed by atoms with van der Waals surface area (Å²) in [5.74, 6) is 3.92. The van der Waals surface area contributed by atoms with Crippen LogP contribution in [0.3, 0.4) is 0 Å². The van der Waals surface area contributed by atoms with E-state index in [2.05, 4.69) is 57.4 Å². The van der Waals surface area contributed by atoms with Crippen molar-refractivity contribution in [3.8, 4) is 44.5 Å². The zero-order valence-electron chi connectivity index (χ0n) is 78.1. The largest absolute Gasteiger partial charge is 0.469 e. The fourth-order valence-electron chi connectivity index (χ4n) is 17.7. The number of pyridine rings is 3. The van der Waals surface area contributed by atoms with Crippen molar-refractivity contribution in [2.45, 2.75) is 136 Å². The van der Waals surface area contributed by atoms with Crippen LogP contribution in [-0.4, -0.2) is 187 Å². The molecule has 4 saturated heterocycles. The van der Waals surface area contributed by atoms with Gasteiger partial charge in [-0.15, -0.1) is 0 Å². The maximum absolute atomic E-state index is 13.1. The molecule has 134 heavy (non-hydrogen) atoms. The highest BCUT2D eigenvalue weighted by Gasteiger charge is 2.38. The molecule has 12 atom stereocenters. The van der Waals surface area contributed by atoms with E-state index in [-0.39, 0.29) is 83.6 Å². The van der Waals surface area contributed by atoms with Gasteiger partial charge in [-0.2, -0.15) is 0 Å². The van der Waals surface area contributed by atoms with Gasteiger partial charge in [-0.3, -0.25) is 58.6 Å². The standard InChI is InChI=1S/C26H32FN3O3.C26H35N5O4.2C25H32N4O4/c1-17(24(26(32)33-3)15-19-5-4-14-30(16-19)18(2)28)29-25(31)22-8-6-20(7-9-22)21-10-12-23(27)13-11-21;1-17(24(26(33)34-3)13-19-5-4-12-31(15-19)18(2)27)30-25(32)21-8-6-20(7-9-21)22-10-11-29-23(14-22)16-35-28;1-17(23(25(31)33-3)14-19-6-4-12-28(15-19)18(2)26)27-24(30)21-10-8-20(9-11-21)22-7-5-13-29(32)16-22;1-17(23(25(31)33-3)15-19-5-4-12-28(16-19)18(2)26)27-24(30)22-8-6-20(7-9-22)21-10-13-29(32)14-11-21/h6-13,17,19,24H,2,4-5,14-16,28H2,1,3H3,(H,29,31);6-11,14,17,19,24H,2,4-5,12-13,15-16,27-28H2,1,3H3,(H,30,32);5,7-11,13,16-17,19,23H,2,4,6,12,14-15,26H2,1,3H3,(H-,27,30,32);6-11,13-14,17,19,23H,2,4-5,12,15-16,26H2,1,3H3,(H-,27,30,32)/p+2/t2*17-,19?,24-;2*17-,19?,23-/m1111/s1. The van der Waals surface area contributed by atoms with Gasteiger partial charge in [0, 0.05) is 133 Å². The third-order valence-electron chi connectivity index (χ3n) is 25.3. The molecule has 16 N–H and O–H groups in total. The Morgan fingerprint density at radius 3 is 0.955 bits per heavy atom. The van der Waals surface area contributed by atoms with Gasteiger partial charge in [0.25, 0.3) is 23.6 Å². The summed E-state index contributed by atoms with van der Waals surface area (Å²) in [6, 6.07) is 44.2. The zero-order valence-corrected chi connectivity index (χ0v) is 78.1. The van der Waals surface area contributed by atoms with E-state index in [1.165, 1.54) is 46.8 Å². The molecule has 0 saturated carbocycles. The number of piperidine rings is 4. The molecule has 716 valence electrons. The summed E-state index contributed by atoms with van der Waals surface area (Å²) in [4.78, 5) is 119. The second kappa shape index (κ2) is 51.2. The fourth-order valence-corrected chi connectivity index (χ4v) is 17.7. The van der Waals surface area contributed by atoms with E-state index < -0.39 is 47.8 Å². The highest BCUT2D eigenvalue weighted by atomic mass is 19.1. The third kappa shape index (κ3) is 30.9. The van der Waals surface area contributed by atoms with E-state index in [0.717, 1.165) is 158 Å². The molecule has 0 aliphatic carbocycles. The van der Waals surface area contributed by atoms with Crippen LogP contribution in [-0.2, 0) is 49.6 Å².